The summed E-state index contributed by atoms with van der Waals surface area (Å²) >= 11 is 31.1. The first kappa shape index (κ1) is 86.3. The number of hydrogen-bond donors (Lipinski definition) is 0. The van der Waals surface area contributed by atoms with E-state index in [2.05, 4.69) is 252 Å². The van der Waals surface area contributed by atoms with Gasteiger partial charge in [-0.2, -0.15) is 0 Å². The maximum Gasteiger partial charge on any atom is 0.141 e. The van der Waals surface area contributed by atoms with Crippen LogP contribution >= 0.6 is 69.3 Å². The van der Waals surface area contributed by atoms with E-state index >= 15 is 0 Å². The van der Waals surface area contributed by atoms with E-state index in [1.807, 2.05) is 62.4 Å². The number of hydrogen-bond acceptors (Lipinski definition) is 4. The number of ether oxygens (including phenoxy) is 2. The molecular formula is C90H113Cl5FNO2S. The number of rotatable bonds is 9. The standard InChI is InChI=1S/C12H16O.C11H13NS.C11H14O.C10H13Cl.C10H14.C9H10Cl2.C9H10ClF.C9H11Cl.C9H12/c1-9(2)11-7-3-5-10-6-4-8-13-12(10)11;1-7(2)9-4-5-10-11(6-9)13-8(3)12-10;1-8(2)10-5-3-4-9-6-7-12-11(9)10;1-7(2)10-8(3)5-4-6-9(10)11;1-8(2)10-7-5-4-6-9(10)3;1-6(2)7-4-3-5-8(10)9(7)11;1-6(2)7-3-4-9(11)8(10)5-7;1-7(2)8-5-3-4-6-9(8)10;1-8(2)9-6-4-3-5-7-9/h3,5,7,9H,4,6,8H2,1-2H3;4-7H,1-3H3;3-5,8H,6-7H2,1-2H3;4-7H,1-3H3;4-8H,1-3H3;2*3-6H,1-2H3;3-7H,1-2H3;3-8H,1-2H3. The van der Waals surface area contributed by atoms with Gasteiger partial charge >= 0.3 is 0 Å². The van der Waals surface area contributed by atoms with Gasteiger partial charge in [-0.3, -0.25) is 0 Å². The third kappa shape index (κ3) is 28.6. The fourth-order valence-electron chi connectivity index (χ4n) is 11.2. The number of aryl methyl sites for hydroxylation is 4. The highest BCUT2D eigenvalue weighted by Gasteiger charge is 2.18. The van der Waals surface area contributed by atoms with Crippen LogP contribution in [0.2, 0.25) is 25.1 Å². The Hall–Kier alpha value is -6.15. The molecule has 3 nitrogen and oxygen atoms in total. The molecule has 10 aromatic rings. The van der Waals surface area contributed by atoms with Crippen molar-refractivity contribution in [3.63, 3.8) is 0 Å². The van der Waals surface area contributed by atoms with Crippen molar-refractivity contribution in [2.24, 2.45) is 0 Å². The summed E-state index contributed by atoms with van der Waals surface area (Å²) in [4.78, 5) is 4.43. The van der Waals surface area contributed by atoms with E-state index < -0.39 is 0 Å². The van der Waals surface area contributed by atoms with Crippen LogP contribution in [0, 0.1) is 26.6 Å². The normalized spacial score (nSPS) is 11.7. The van der Waals surface area contributed by atoms with Gasteiger partial charge in [0, 0.05) is 16.5 Å². The number of benzene rings is 9. The Morgan fingerprint density at radius 2 is 0.800 bits per heavy atom. The fourth-order valence-corrected chi connectivity index (χ4v) is 13.6. The molecule has 10 heteroatoms. The van der Waals surface area contributed by atoms with Crippen LogP contribution < -0.4 is 9.47 Å². The zero-order valence-corrected chi connectivity index (χ0v) is 68.2. The summed E-state index contributed by atoms with van der Waals surface area (Å²) in [5, 5.41) is 4.44. The molecule has 3 heterocycles. The van der Waals surface area contributed by atoms with Crippen LogP contribution in [0.4, 0.5) is 4.39 Å². The molecule has 0 atom stereocenters. The van der Waals surface area contributed by atoms with Crippen LogP contribution in [0.25, 0.3) is 10.2 Å². The minimum absolute atomic E-state index is 0.205. The molecular weight excluding hydrogens is 1360 g/mol. The van der Waals surface area contributed by atoms with Crippen molar-refractivity contribution in [1.29, 1.82) is 0 Å². The van der Waals surface area contributed by atoms with Gasteiger partial charge in [0.1, 0.15) is 17.3 Å². The molecule has 2 aliphatic heterocycles. The van der Waals surface area contributed by atoms with Gasteiger partial charge in [-0.1, -0.05) is 328 Å². The molecule has 1 aromatic heterocycles. The minimum atomic E-state index is -0.351. The maximum absolute atomic E-state index is 12.6. The summed E-state index contributed by atoms with van der Waals surface area (Å²) in [7, 11) is 0. The Kier molecular flexibility index (Phi) is 38.3. The Morgan fingerprint density at radius 1 is 0.360 bits per heavy atom. The third-order valence-corrected chi connectivity index (χ3v) is 19.7. The zero-order valence-electron chi connectivity index (χ0n) is 63.6. The maximum atomic E-state index is 12.6. The van der Waals surface area contributed by atoms with Crippen molar-refractivity contribution in [3.8, 4) is 11.5 Å². The predicted molar refractivity (Wildman–Crippen MR) is 440 cm³/mol. The van der Waals surface area contributed by atoms with E-state index in [1.54, 1.807) is 29.5 Å². The van der Waals surface area contributed by atoms with Gasteiger partial charge in [-0.05, 0) is 202 Å². The van der Waals surface area contributed by atoms with Gasteiger partial charge in [-0.25, -0.2) is 9.37 Å². The van der Waals surface area contributed by atoms with Crippen molar-refractivity contribution in [2.45, 2.75) is 218 Å². The third-order valence-electron chi connectivity index (χ3n) is 17.0. The summed E-state index contributed by atoms with van der Waals surface area (Å²) < 4.78 is 25.2. The monoisotopic (exact) mass is 1470 g/mol. The second-order valence-electron chi connectivity index (χ2n) is 28.1. The second-order valence-corrected chi connectivity index (χ2v) is 31.4. The van der Waals surface area contributed by atoms with Crippen molar-refractivity contribution >= 4 is 79.6 Å². The molecule has 9 aromatic carbocycles. The average Bonchev–Trinajstić information content (AvgIpc) is 1.36. The quantitative estimate of drug-likeness (QED) is 0.144. The SMILES string of the molecule is CC(C)c1ccc(F)c(Cl)c1.CC(C)c1cccc(Cl)c1Cl.CC(C)c1cccc2c1OCC2.CC(C)c1cccc2c1OCCC2.CC(C)c1ccccc1.CC(C)c1ccccc1Cl.Cc1cccc(Cl)c1C(C)C.Cc1ccccc1C(C)C.Cc1nc2ccc(C(C)C)cc2s1. The molecule has 0 N–H and O–H groups in total. The summed E-state index contributed by atoms with van der Waals surface area (Å²) in [5.41, 5.74) is 18.2. The molecule has 0 fully saturated rings. The van der Waals surface area contributed by atoms with Crippen LogP contribution in [0.15, 0.2) is 188 Å². The lowest BCUT2D eigenvalue weighted by molar-refractivity contribution is 0.284. The highest BCUT2D eigenvalue weighted by Crippen LogP contribution is 2.36. The number of aromatic nitrogens is 1. The molecule has 0 amide bonds. The number of thiazole rings is 1. The molecule has 0 saturated heterocycles. The molecule has 0 bridgehead atoms. The molecule has 0 spiro atoms. The lowest BCUT2D eigenvalue weighted by Crippen LogP contribution is -2.10. The Labute approximate surface area is 632 Å². The van der Waals surface area contributed by atoms with E-state index in [-0.39, 0.29) is 10.8 Å². The number of nitrogens with zero attached hydrogens (tertiary/aromatic N) is 1. The van der Waals surface area contributed by atoms with Crippen LogP contribution in [0.3, 0.4) is 0 Å². The summed E-state index contributed by atoms with van der Waals surface area (Å²) in [6, 6.07) is 63.1. The molecule has 0 radical (unpaired) electrons. The predicted octanol–water partition coefficient (Wildman–Crippen LogP) is 30.5. The van der Waals surface area contributed by atoms with Gasteiger partial charge in [0.25, 0.3) is 0 Å². The summed E-state index contributed by atoms with van der Waals surface area (Å²) in [6.07, 6.45) is 3.42. The molecule has 0 unspecified atom stereocenters. The minimum Gasteiger partial charge on any atom is -0.493 e. The Balaban J connectivity index is 0.000000239. The van der Waals surface area contributed by atoms with Crippen LogP contribution in [-0.4, -0.2) is 18.2 Å². The highest BCUT2D eigenvalue weighted by molar-refractivity contribution is 7.18. The van der Waals surface area contributed by atoms with E-state index in [9.17, 15) is 4.39 Å². The lowest BCUT2D eigenvalue weighted by Gasteiger charge is -2.21. The van der Waals surface area contributed by atoms with E-state index in [1.165, 1.54) is 78.4 Å². The van der Waals surface area contributed by atoms with Crippen LogP contribution in [0.5, 0.6) is 11.5 Å². The summed E-state index contributed by atoms with van der Waals surface area (Å²) in [6.45, 7) is 47.1. The fraction of sp³-hybridized carbons (Fsp3) is 0.389. The first-order valence-electron chi connectivity index (χ1n) is 35.7. The van der Waals surface area contributed by atoms with Crippen LogP contribution in [-0.2, 0) is 12.8 Å². The van der Waals surface area contributed by atoms with E-state index in [4.69, 9.17) is 67.5 Å². The van der Waals surface area contributed by atoms with Gasteiger partial charge in [0.2, 0.25) is 0 Å². The molecule has 538 valence electrons. The lowest BCUT2D eigenvalue weighted by atomic mass is 9.96. The van der Waals surface area contributed by atoms with Gasteiger partial charge in [0.15, 0.2) is 0 Å². The average molecular weight is 1470 g/mol. The second kappa shape index (κ2) is 44.4. The molecule has 0 aliphatic carbocycles. The Bertz CT molecular complexity index is 3950. The number of para-hydroxylation sites is 2. The number of halogens is 6. The number of fused-ring (bicyclic) bond motifs is 3. The van der Waals surface area contributed by atoms with Gasteiger partial charge in [0.05, 0.1) is 43.5 Å². The zero-order chi connectivity index (χ0) is 74.3. The molecule has 2 aliphatic rings. The van der Waals surface area contributed by atoms with Gasteiger partial charge in [-0.15, -0.1) is 11.3 Å². The smallest absolute Gasteiger partial charge is 0.141 e. The summed E-state index contributed by atoms with van der Waals surface area (Å²) in [5.74, 6) is 6.87. The van der Waals surface area contributed by atoms with Crippen molar-refractivity contribution in [1.82, 2.24) is 4.98 Å². The highest BCUT2D eigenvalue weighted by atomic mass is 35.5. The van der Waals surface area contributed by atoms with Gasteiger partial charge < -0.3 is 9.47 Å². The van der Waals surface area contributed by atoms with E-state index in [0.717, 1.165) is 69.3 Å². The Morgan fingerprint density at radius 3 is 1.27 bits per heavy atom. The van der Waals surface area contributed by atoms with E-state index in [0.29, 0.717) is 63.3 Å². The molecule has 12 rings (SSSR count). The van der Waals surface area contributed by atoms with Crippen molar-refractivity contribution in [3.05, 3.63) is 296 Å². The first-order valence-corrected chi connectivity index (χ1v) is 38.4. The molecule has 100 heavy (non-hydrogen) atoms. The topological polar surface area (TPSA) is 31.4 Å². The van der Waals surface area contributed by atoms with Crippen molar-refractivity contribution in [2.75, 3.05) is 13.2 Å². The molecule has 0 saturated carbocycles. The first-order chi connectivity index (χ1) is 47.3. The largest absolute Gasteiger partial charge is 0.493 e. The van der Waals surface area contributed by atoms with Crippen molar-refractivity contribution < 1.29 is 13.9 Å². The van der Waals surface area contributed by atoms with Crippen LogP contribution in [0.1, 0.15) is 262 Å².